The highest BCUT2D eigenvalue weighted by atomic mass is 16.5. The molecule has 2 saturated heterocycles. The highest BCUT2D eigenvalue weighted by Crippen LogP contribution is 2.34. The average molecular weight is 407 g/mol. The van der Waals surface area contributed by atoms with Crippen LogP contribution in [0.1, 0.15) is 30.0 Å². The Morgan fingerprint density at radius 2 is 1.87 bits per heavy atom. The van der Waals surface area contributed by atoms with Gasteiger partial charge in [-0.2, -0.15) is 4.52 Å². The van der Waals surface area contributed by atoms with Crippen LogP contribution >= 0.6 is 0 Å². The molecule has 2 fully saturated rings. The van der Waals surface area contributed by atoms with Gasteiger partial charge in [0.25, 0.3) is 5.91 Å². The summed E-state index contributed by atoms with van der Waals surface area (Å²) >= 11 is 0. The van der Waals surface area contributed by atoms with Crippen molar-refractivity contribution < 1.29 is 9.53 Å². The number of rotatable bonds is 5. The Balaban J connectivity index is 1.25. The number of hydrogen-bond donors (Lipinski definition) is 0. The lowest BCUT2D eigenvalue weighted by Gasteiger charge is -2.22. The maximum atomic E-state index is 12.9. The van der Waals surface area contributed by atoms with Gasteiger partial charge in [0.2, 0.25) is 5.88 Å². The van der Waals surface area contributed by atoms with Gasteiger partial charge in [0.1, 0.15) is 5.82 Å². The number of aromatic nitrogens is 5. The van der Waals surface area contributed by atoms with E-state index in [1.165, 1.54) is 0 Å². The van der Waals surface area contributed by atoms with Gasteiger partial charge in [-0.25, -0.2) is 4.98 Å². The number of anilines is 1. The molecule has 156 valence electrons. The van der Waals surface area contributed by atoms with E-state index < -0.39 is 0 Å². The van der Waals surface area contributed by atoms with Crippen LogP contribution in [0, 0.1) is 11.8 Å². The van der Waals surface area contributed by atoms with E-state index in [0.29, 0.717) is 29.9 Å². The van der Waals surface area contributed by atoms with Crippen molar-refractivity contribution in [3.63, 3.8) is 0 Å². The fourth-order valence-corrected chi connectivity index (χ4v) is 4.48. The van der Waals surface area contributed by atoms with Gasteiger partial charge in [0.05, 0.1) is 12.2 Å². The van der Waals surface area contributed by atoms with Crippen molar-refractivity contribution in [3.8, 4) is 5.88 Å². The van der Waals surface area contributed by atoms with Gasteiger partial charge >= 0.3 is 0 Å². The second kappa shape index (κ2) is 7.55. The van der Waals surface area contributed by atoms with Crippen LogP contribution < -0.4 is 9.64 Å². The smallest absolute Gasteiger partial charge is 0.255 e. The van der Waals surface area contributed by atoms with E-state index in [2.05, 4.69) is 27.0 Å². The normalized spacial score (nSPS) is 20.7. The van der Waals surface area contributed by atoms with E-state index >= 15 is 0 Å². The minimum Gasteiger partial charge on any atom is -0.478 e. The second-order valence-electron chi connectivity index (χ2n) is 7.88. The first kappa shape index (κ1) is 18.8. The zero-order valence-corrected chi connectivity index (χ0v) is 17.2. The minimum atomic E-state index is 0.0446. The summed E-state index contributed by atoms with van der Waals surface area (Å²) in [5.74, 6) is 3.31. The van der Waals surface area contributed by atoms with Gasteiger partial charge < -0.3 is 14.5 Å². The van der Waals surface area contributed by atoms with Gasteiger partial charge in [-0.1, -0.05) is 6.92 Å². The molecule has 3 aromatic heterocycles. The maximum absolute atomic E-state index is 12.9. The maximum Gasteiger partial charge on any atom is 0.255 e. The van der Waals surface area contributed by atoms with E-state index in [0.717, 1.165) is 49.9 Å². The Morgan fingerprint density at radius 1 is 1.07 bits per heavy atom. The Hall–Kier alpha value is -3.23. The molecule has 0 aromatic carbocycles. The molecule has 1 amide bonds. The van der Waals surface area contributed by atoms with Gasteiger partial charge in [-0.15, -0.1) is 15.3 Å². The molecule has 0 spiro atoms. The number of hydrogen-bond acceptors (Lipinski definition) is 7. The van der Waals surface area contributed by atoms with Crippen molar-refractivity contribution in [2.24, 2.45) is 11.8 Å². The SMILES string of the molecule is CCOc1ccc(C(=O)N2CC3CN(c4ccc5nnc(CC)n5n4)CC3C2)cn1. The van der Waals surface area contributed by atoms with Crippen LogP contribution in [0.2, 0.25) is 0 Å². The molecule has 2 atom stereocenters. The lowest BCUT2D eigenvalue weighted by atomic mass is 10.0. The number of ether oxygens (including phenoxy) is 1. The van der Waals surface area contributed by atoms with Gasteiger partial charge in [-0.3, -0.25) is 4.79 Å². The standard InChI is InChI=1S/C21H25N7O2/c1-3-17-23-24-18-6-7-19(25-28(17)18)26-10-15-12-27(13-16(15)11-26)21(29)14-5-8-20(22-9-14)30-4-2/h5-9,15-16H,3-4,10-13H2,1-2H3. The zero-order chi connectivity index (χ0) is 20.7. The second-order valence-corrected chi connectivity index (χ2v) is 7.88. The van der Waals surface area contributed by atoms with Crippen molar-refractivity contribution in [2.45, 2.75) is 20.3 Å². The van der Waals surface area contributed by atoms with Crippen LogP contribution in [0.15, 0.2) is 30.5 Å². The van der Waals surface area contributed by atoms with E-state index in [1.807, 2.05) is 28.5 Å². The fraction of sp³-hybridized carbons (Fsp3) is 0.476. The lowest BCUT2D eigenvalue weighted by molar-refractivity contribution is 0.0782. The van der Waals surface area contributed by atoms with Gasteiger partial charge in [-0.05, 0) is 25.1 Å². The molecule has 2 unspecified atom stereocenters. The Morgan fingerprint density at radius 3 is 2.53 bits per heavy atom. The molecule has 5 heterocycles. The van der Waals surface area contributed by atoms with Crippen LogP contribution in [0.3, 0.4) is 0 Å². The van der Waals surface area contributed by atoms with Crippen molar-refractivity contribution in [3.05, 3.63) is 41.9 Å². The Kier molecular flexibility index (Phi) is 4.72. The summed E-state index contributed by atoms with van der Waals surface area (Å²) in [4.78, 5) is 21.4. The van der Waals surface area contributed by atoms with Crippen molar-refractivity contribution >= 4 is 17.4 Å². The summed E-state index contributed by atoms with van der Waals surface area (Å²) in [7, 11) is 0. The van der Waals surface area contributed by atoms with Crippen LogP contribution in [0.4, 0.5) is 5.82 Å². The molecule has 0 aliphatic carbocycles. The van der Waals surface area contributed by atoms with Crippen molar-refractivity contribution in [1.82, 2.24) is 29.7 Å². The highest BCUT2D eigenvalue weighted by molar-refractivity contribution is 5.94. The molecule has 2 aliphatic rings. The molecule has 5 rings (SSSR count). The molecule has 0 N–H and O–H groups in total. The third kappa shape index (κ3) is 3.24. The topological polar surface area (TPSA) is 88.8 Å². The number of amides is 1. The van der Waals surface area contributed by atoms with E-state index in [-0.39, 0.29) is 5.91 Å². The number of carbonyl (C=O) groups is 1. The molecule has 0 radical (unpaired) electrons. The summed E-state index contributed by atoms with van der Waals surface area (Å²) in [6.07, 6.45) is 2.40. The van der Waals surface area contributed by atoms with Crippen LogP contribution in [-0.2, 0) is 6.42 Å². The van der Waals surface area contributed by atoms with Crippen molar-refractivity contribution in [2.75, 3.05) is 37.7 Å². The number of nitrogens with zero attached hydrogens (tertiary/aromatic N) is 7. The fourth-order valence-electron chi connectivity index (χ4n) is 4.48. The summed E-state index contributed by atoms with van der Waals surface area (Å²) < 4.78 is 7.19. The average Bonchev–Trinajstić information content (AvgIpc) is 3.46. The van der Waals surface area contributed by atoms with E-state index in [4.69, 9.17) is 9.84 Å². The molecule has 30 heavy (non-hydrogen) atoms. The summed E-state index contributed by atoms with van der Waals surface area (Å²) in [6, 6.07) is 7.54. The zero-order valence-electron chi connectivity index (χ0n) is 17.2. The van der Waals surface area contributed by atoms with E-state index in [9.17, 15) is 4.79 Å². The van der Waals surface area contributed by atoms with Crippen LogP contribution in [0.25, 0.3) is 5.65 Å². The molecule has 3 aromatic rings. The predicted molar refractivity (Wildman–Crippen MR) is 111 cm³/mol. The minimum absolute atomic E-state index is 0.0446. The first-order valence-corrected chi connectivity index (χ1v) is 10.5. The number of carbonyl (C=O) groups excluding carboxylic acids is 1. The van der Waals surface area contributed by atoms with Gasteiger partial charge in [0, 0.05) is 56.7 Å². The molecular formula is C21H25N7O2. The van der Waals surface area contributed by atoms with Crippen LogP contribution in [0.5, 0.6) is 5.88 Å². The summed E-state index contributed by atoms with van der Waals surface area (Å²) in [6.45, 7) is 7.86. The largest absolute Gasteiger partial charge is 0.478 e. The number of fused-ring (bicyclic) bond motifs is 2. The molecule has 9 nitrogen and oxygen atoms in total. The molecule has 0 saturated carbocycles. The lowest BCUT2D eigenvalue weighted by Crippen LogP contribution is -2.33. The molecular weight excluding hydrogens is 382 g/mol. The highest BCUT2D eigenvalue weighted by Gasteiger charge is 2.42. The number of pyridine rings is 1. The van der Waals surface area contributed by atoms with Crippen LogP contribution in [-0.4, -0.2) is 68.4 Å². The first-order valence-electron chi connectivity index (χ1n) is 10.5. The third-order valence-electron chi connectivity index (χ3n) is 6.00. The number of aryl methyl sites for hydroxylation is 1. The predicted octanol–water partition coefficient (Wildman–Crippen LogP) is 1.69. The summed E-state index contributed by atoms with van der Waals surface area (Å²) in [5.41, 5.74) is 1.39. The Bertz CT molecular complexity index is 1050. The first-order chi connectivity index (χ1) is 14.7. The van der Waals surface area contributed by atoms with Gasteiger partial charge in [0.15, 0.2) is 11.5 Å². The number of likely N-dealkylation sites (tertiary alicyclic amines) is 1. The monoisotopic (exact) mass is 407 g/mol. The summed E-state index contributed by atoms with van der Waals surface area (Å²) in [5, 5.41) is 13.1. The molecule has 9 heteroatoms. The van der Waals surface area contributed by atoms with E-state index in [1.54, 1.807) is 18.3 Å². The molecule has 2 aliphatic heterocycles. The van der Waals surface area contributed by atoms with Crippen molar-refractivity contribution in [1.29, 1.82) is 0 Å². The quantitative estimate of drug-likeness (QED) is 0.636. The Labute approximate surface area is 174 Å². The third-order valence-corrected chi connectivity index (χ3v) is 6.00. The molecule has 0 bridgehead atoms.